The number of fused-ring (bicyclic) bond motifs is 3. The molecule has 0 aliphatic carbocycles. The first-order chi connectivity index (χ1) is 9.28. The molecular weight excluding hydrogens is 245 g/mol. The van der Waals surface area contributed by atoms with Crippen LogP contribution >= 0.6 is 0 Å². The summed E-state index contributed by atoms with van der Waals surface area (Å²) < 4.78 is 24.8. The van der Waals surface area contributed by atoms with Gasteiger partial charge in [-0.3, -0.25) is 0 Å². The first-order valence-electron chi connectivity index (χ1n) is 7.12. The van der Waals surface area contributed by atoms with Gasteiger partial charge in [-0.2, -0.15) is 0 Å². The summed E-state index contributed by atoms with van der Waals surface area (Å²) in [5, 5.41) is 3.56. The Morgan fingerprint density at radius 3 is 3.05 bits per heavy atom. The molecule has 0 amide bonds. The number of ether oxygens (including phenoxy) is 2. The molecule has 0 saturated carbocycles. The highest BCUT2D eigenvalue weighted by Crippen LogP contribution is 2.34. The molecule has 0 spiro atoms. The minimum absolute atomic E-state index is 0.121. The Morgan fingerprint density at radius 1 is 1.32 bits per heavy atom. The molecule has 3 nitrogen and oxygen atoms in total. The van der Waals surface area contributed by atoms with E-state index in [0.29, 0.717) is 18.2 Å². The van der Waals surface area contributed by atoms with Crippen LogP contribution in [0.4, 0.5) is 4.39 Å². The fourth-order valence-corrected chi connectivity index (χ4v) is 3.54. The maximum Gasteiger partial charge on any atom is 0.123 e. The lowest BCUT2D eigenvalue weighted by Crippen LogP contribution is -2.42. The van der Waals surface area contributed by atoms with E-state index in [1.54, 1.807) is 12.1 Å². The van der Waals surface area contributed by atoms with E-state index in [2.05, 4.69) is 5.32 Å². The Morgan fingerprint density at radius 2 is 2.26 bits per heavy atom. The minimum Gasteiger partial charge on any atom is -0.488 e. The number of hydrogen-bond acceptors (Lipinski definition) is 3. The maximum atomic E-state index is 13.1. The monoisotopic (exact) mass is 263 g/mol. The van der Waals surface area contributed by atoms with Crippen LogP contribution in [0.15, 0.2) is 18.2 Å². The molecule has 2 bridgehead atoms. The van der Waals surface area contributed by atoms with Gasteiger partial charge in [-0.1, -0.05) is 0 Å². The van der Waals surface area contributed by atoms with Crippen molar-refractivity contribution in [1.29, 1.82) is 0 Å². The lowest BCUT2D eigenvalue weighted by molar-refractivity contribution is 0.0958. The molecule has 102 valence electrons. The zero-order valence-electron chi connectivity index (χ0n) is 10.8. The van der Waals surface area contributed by atoms with Crippen molar-refractivity contribution in [2.75, 3.05) is 6.54 Å². The van der Waals surface area contributed by atoms with E-state index >= 15 is 0 Å². The van der Waals surface area contributed by atoms with E-state index in [0.717, 1.165) is 30.7 Å². The van der Waals surface area contributed by atoms with Crippen molar-refractivity contribution >= 4 is 0 Å². The normalized spacial score (nSPS) is 35.4. The topological polar surface area (TPSA) is 30.5 Å². The SMILES string of the molecule is Fc1ccc2c(c1)CC(CNC1CC3CCC1O3)O2. The van der Waals surface area contributed by atoms with Gasteiger partial charge in [0.1, 0.15) is 17.7 Å². The van der Waals surface area contributed by atoms with E-state index in [1.807, 2.05) is 0 Å². The molecule has 19 heavy (non-hydrogen) atoms. The molecule has 4 unspecified atom stereocenters. The van der Waals surface area contributed by atoms with E-state index in [9.17, 15) is 4.39 Å². The largest absolute Gasteiger partial charge is 0.488 e. The summed E-state index contributed by atoms with van der Waals surface area (Å²) in [6.07, 6.45) is 5.30. The van der Waals surface area contributed by atoms with Crippen LogP contribution < -0.4 is 10.1 Å². The summed E-state index contributed by atoms with van der Waals surface area (Å²) in [7, 11) is 0. The third-order valence-electron chi connectivity index (χ3n) is 4.48. The van der Waals surface area contributed by atoms with E-state index in [1.165, 1.54) is 18.9 Å². The fraction of sp³-hybridized carbons (Fsp3) is 0.600. The van der Waals surface area contributed by atoms with Gasteiger partial charge >= 0.3 is 0 Å². The molecule has 1 N–H and O–H groups in total. The average Bonchev–Trinajstić information content (AvgIpc) is 3.09. The number of halogens is 1. The highest BCUT2D eigenvalue weighted by Gasteiger charge is 2.40. The second-order valence-electron chi connectivity index (χ2n) is 5.82. The lowest BCUT2D eigenvalue weighted by Gasteiger charge is -2.22. The van der Waals surface area contributed by atoms with Gasteiger partial charge < -0.3 is 14.8 Å². The molecule has 3 aliphatic rings. The predicted octanol–water partition coefficient (Wildman–Crippen LogP) is 2.04. The smallest absolute Gasteiger partial charge is 0.123 e. The Kier molecular flexibility index (Phi) is 2.74. The molecule has 0 radical (unpaired) electrons. The highest BCUT2D eigenvalue weighted by atomic mass is 19.1. The van der Waals surface area contributed by atoms with Crippen LogP contribution in [0.5, 0.6) is 5.75 Å². The van der Waals surface area contributed by atoms with Gasteiger partial charge in [-0.25, -0.2) is 4.39 Å². The Bertz CT molecular complexity index is 493. The first-order valence-corrected chi connectivity index (χ1v) is 7.12. The summed E-state index contributed by atoms with van der Waals surface area (Å²) in [4.78, 5) is 0. The zero-order chi connectivity index (χ0) is 12.8. The van der Waals surface area contributed by atoms with Crippen molar-refractivity contribution in [2.24, 2.45) is 0 Å². The van der Waals surface area contributed by atoms with Crippen LogP contribution in [0.25, 0.3) is 0 Å². The predicted molar refractivity (Wildman–Crippen MR) is 68.8 cm³/mol. The van der Waals surface area contributed by atoms with Crippen LogP contribution in [0.3, 0.4) is 0 Å². The van der Waals surface area contributed by atoms with Crippen LogP contribution in [-0.2, 0) is 11.2 Å². The van der Waals surface area contributed by atoms with Crippen molar-refractivity contribution < 1.29 is 13.9 Å². The van der Waals surface area contributed by atoms with Crippen LogP contribution in [0.1, 0.15) is 24.8 Å². The van der Waals surface area contributed by atoms with Crippen molar-refractivity contribution in [1.82, 2.24) is 5.32 Å². The van der Waals surface area contributed by atoms with Crippen LogP contribution in [0, 0.1) is 5.82 Å². The second-order valence-corrected chi connectivity index (χ2v) is 5.82. The van der Waals surface area contributed by atoms with Crippen molar-refractivity contribution in [2.45, 2.75) is 50.0 Å². The summed E-state index contributed by atoms with van der Waals surface area (Å²) in [6, 6.07) is 5.24. The third-order valence-corrected chi connectivity index (χ3v) is 4.48. The summed E-state index contributed by atoms with van der Waals surface area (Å²) in [5.41, 5.74) is 0.982. The molecule has 2 fully saturated rings. The van der Waals surface area contributed by atoms with Crippen LogP contribution in [0.2, 0.25) is 0 Å². The molecule has 3 heterocycles. The molecule has 3 aliphatic heterocycles. The maximum absolute atomic E-state index is 13.1. The standard InChI is InChI=1S/C15H18FNO2/c16-10-1-3-14-9(5-10)6-12(19-14)8-17-13-7-11-2-4-15(13)18-11/h1,3,5,11-13,15,17H,2,4,6-8H2. The number of benzene rings is 1. The van der Waals surface area contributed by atoms with Crippen molar-refractivity contribution in [3.63, 3.8) is 0 Å². The van der Waals surface area contributed by atoms with E-state index in [4.69, 9.17) is 9.47 Å². The van der Waals surface area contributed by atoms with Gasteiger partial charge in [0.05, 0.1) is 12.2 Å². The molecule has 1 aromatic rings. The molecule has 0 aromatic heterocycles. The van der Waals surface area contributed by atoms with Crippen molar-refractivity contribution in [3.05, 3.63) is 29.6 Å². The third kappa shape index (κ3) is 2.13. The summed E-state index contributed by atoms with van der Waals surface area (Å²) >= 11 is 0. The number of nitrogens with one attached hydrogen (secondary N) is 1. The van der Waals surface area contributed by atoms with Gasteiger partial charge in [-0.05, 0) is 37.5 Å². The quantitative estimate of drug-likeness (QED) is 0.905. The van der Waals surface area contributed by atoms with Crippen LogP contribution in [-0.4, -0.2) is 30.9 Å². The van der Waals surface area contributed by atoms with Gasteiger partial charge in [0.2, 0.25) is 0 Å². The number of hydrogen-bond donors (Lipinski definition) is 1. The first kappa shape index (κ1) is 11.7. The second kappa shape index (κ2) is 4.46. The molecule has 1 aromatic carbocycles. The molecule has 4 heteroatoms. The molecule has 4 rings (SSSR count). The van der Waals surface area contributed by atoms with Gasteiger partial charge in [0.25, 0.3) is 0 Å². The van der Waals surface area contributed by atoms with Crippen molar-refractivity contribution in [3.8, 4) is 5.75 Å². The van der Waals surface area contributed by atoms with E-state index < -0.39 is 0 Å². The summed E-state index contributed by atoms with van der Waals surface area (Å²) in [5.74, 6) is 0.648. The Labute approximate surface area is 112 Å². The fourth-order valence-electron chi connectivity index (χ4n) is 3.54. The van der Waals surface area contributed by atoms with E-state index in [-0.39, 0.29) is 11.9 Å². The van der Waals surface area contributed by atoms with Gasteiger partial charge in [-0.15, -0.1) is 0 Å². The lowest BCUT2D eigenvalue weighted by atomic mass is 9.95. The Hall–Kier alpha value is -1.13. The highest BCUT2D eigenvalue weighted by molar-refractivity contribution is 5.37. The number of rotatable bonds is 3. The zero-order valence-corrected chi connectivity index (χ0v) is 10.8. The van der Waals surface area contributed by atoms with Gasteiger partial charge in [0, 0.05) is 24.6 Å². The average molecular weight is 263 g/mol. The molecule has 2 saturated heterocycles. The summed E-state index contributed by atoms with van der Waals surface area (Å²) in [6.45, 7) is 0.813. The molecular formula is C15H18FNO2. The minimum atomic E-state index is -0.183. The Balaban J connectivity index is 1.34. The molecule has 4 atom stereocenters. The van der Waals surface area contributed by atoms with Gasteiger partial charge in [0.15, 0.2) is 0 Å².